The van der Waals surface area contributed by atoms with Crippen molar-refractivity contribution >= 4 is 12.6 Å². The van der Waals surface area contributed by atoms with Gasteiger partial charge in [-0.2, -0.15) is 12.6 Å². The van der Waals surface area contributed by atoms with Crippen LogP contribution in [0.1, 0.15) is 16.7 Å². The molecule has 1 N–H and O–H groups in total. The van der Waals surface area contributed by atoms with Crippen LogP contribution in [-0.2, 0) is 6.42 Å². The first-order chi connectivity index (χ1) is 7.19. The van der Waals surface area contributed by atoms with Gasteiger partial charge in [-0.25, -0.2) is 0 Å². The van der Waals surface area contributed by atoms with Crippen molar-refractivity contribution < 1.29 is 4.74 Å². The number of ether oxygens (including phenoxy) is 1. The summed E-state index contributed by atoms with van der Waals surface area (Å²) in [4.78, 5) is 0. The largest absolute Gasteiger partial charge is 0.496 e. The summed E-state index contributed by atoms with van der Waals surface area (Å²) in [7, 11) is 1.73. The van der Waals surface area contributed by atoms with Crippen LogP contribution in [0.3, 0.4) is 0 Å². The summed E-state index contributed by atoms with van der Waals surface area (Å²) in [6.07, 6.45) is 0.978. The molecule has 2 nitrogen and oxygen atoms in total. The standard InChI is InChI=1S/C12H19NOS/c1-9-6-10(2)12(14-3)11(7-9)4-5-13-8-15/h6-7,13,15H,4-5,8H2,1-3H3. The highest BCUT2D eigenvalue weighted by molar-refractivity contribution is 7.80. The van der Waals surface area contributed by atoms with E-state index in [-0.39, 0.29) is 0 Å². The summed E-state index contributed by atoms with van der Waals surface area (Å²) in [5.41, 5.74) is 3.76. The van der Waals surface area contributed by atoms with Gasteiger partial charge in [-0.15, -0.1) is 0 Å². The zero-order valence-corrected chi connectivity index (χ0v) is 10.5. The van der Waals surface area contributed by atoms with E-state index in [1.807, 2.05) is 0 Å². The van der Waals surface area contributed by atoms with E-state index in [9.17, 15) is 0 Å². The minimum atomic E-state index is 0.715. The summed E-state index contributed by atoms with van der Waals surface area (Å²) in [5, 5.41) is 3.20. The SMILES string of the molecule is COc1c(C)cc(C)cc1CCNCS. The molecule has 0 atom stereocenters. The fourth-order valence-corrected chi connectivity index (χ4v) is 1.98. The van der Waals surface area contributed by atoms with Crippen LogP contribution in [0.15, 0.2) is 12.1 Å². The molecule has 0 spiro atoms. The molecule has 0 bridgehead atoms. The minimum Gasteiger partial charge on any atom is -0.496 e. The van der Waals surface area contributed by atoms with E-state index >= 15 is 0 Å². The van der Waals surface area contributed by atoms with Crippen LogP contribution >= 0.6 is 12.6 Å². The maximum absolute atomic E-state index is 5.41. The molecule has 84 valence electrons. The molecule has 0 aliphatic rings. The van der Waals surface area contributed by atoms with Crippen molar-refractivity contribution in [2.24, 2.45) is 0 Å². The Balaban J connectivity index is 2.84. The van der Waals surface area contributed by atoms with Crippen molar-refractivity contribution in [3.8, 4) is 5.75 Å². The molecule has 15 heavy (non-hydrogen) atoms. The number of thiol groups is 1. The number of methoxy groups -OCH3 is 1. The third-order valence-electron chi connectivity index (χ3n) is 2.38. The van der Waals surface area contributed by atoms with Crippen molar-refractivity contribution in [1.29, 1.82) is 0 Å². The monoisotopic (exact) mass is 225 g/mol. The van der Waals surface area contributed by atoms with Gasteiger partial charge in [-0.3, -0.25) is 0 Å². The third-order valence-corrected chi connectivity index (χ3v) is 2.61. The van der Waals surface area contributed by atoms with Crippen LogP contribution in [0.25, 0.3) is 0 Å². The van der Waals surface area contributed by atoms with Gasteiger partial charge in [-0.1, -0.05) is 17.7 Å². The number of benzene rings is 1. The average Bonchev–Trinajstić information content (AvgIpc) is 2.17. The number of rotatable bonds is 5. The fraction of sp³-hybridized carbons (Fsp3) is 0.500. The summed E-state index contributed by atoms with van der Waals surface area (Å²) < 4.78 is 5.41. The molecule has 0 radical (unpaired) electrons. The zero-order chi connectivity index (χ0) is 11.3. The van der Waals surface area contributed by atoms with Crippen molar-refractivity contribution in [3.63, 3.8) is 0 Å². The van der Waals surface area contributed by atoms with Gasteiger partial charge in [-0.05, 0) is 31.4 Å². The van der Waals surface area contributed by atoms with Gasteiger partial charge in [0.1, 0.15) is 5.75 Å². The van der Waals surface area contributed by atoms with Crippen molar-refractivity contribution in [1.82, 2.24) is 5.32 Å². The van der Waals surface area contributed by atoms with Crippen LogP contribution < -0.4 is 10.1 Å². The Bertz CT molecular complexity index is 326. The first-order valence-electron chi connectivity index (χ1n) is 5.14. The average molecular weight is 225 g/mol. The lowest BCUT2D eigenvalue weighted by atomic mass is 10.0. The predicted molar refractivity (Wildman–Crippen MR) is 68.0 cm³/mol. The van der Waals surface area contributed by atoms with Crippen LogP contribution in [-0.4, -0.2) is 19.5 Å². The second kappa shape index (κ2) is 6.03. The smallest absolute Gasteiger partial charge is 0.125 e. The molecule has 0 aromatic heterocycles. The molecule has 0 heterocycles. The Hall–Kier alpha value is -0.670. The molecule has 1 rings (SSSR count). The molecule has 0 aliphatic heterocycles. The topological polar surface area (TPSA) is 21.3 Å². The number of hydrogen-bond donors (Lipinski definition) is 2. The van der Waals surface area contributed by atoms with E-state index in [1.54, 1.807) is 7.11 Å². The summed E-state index contributed by atoms with van der Waals surface area (Å²) in [6, 6.07) is 4.33. The van der Waals surface area contributed by atoms with Crippen molar-refractivity contribution in [2.75, 3.05) is 19.5 Å². The number of aryl methyl sites for hydroxylation is 2. The first-order valence-corrected chi connectivity index (χ1v) is 5.78. The van der Waals surface area contributed by atoms with Gasteiger partial charge in [0.05, 0.1) is 7.11 Å². The van der Waals surface area contributed by atoms with E-state index in [1.165, 1.54) is 16.7 Å². The van der Waals surface area contributed by atoms with E-state index in [2.05, 4.69) is 43.9 Å². The second-order valence-corrected chi connectivity index (χ2v) is 4.00. The normalized spacial score (nSPS) is 10.4. The first kappa shape index (κ1) is 12.4. The highest BCUT2D eigenvalue weighted by Gasteiger charge is 2.06. The molecule has 3 heteroatoms. The van der Waals surface area contributed by atoms with E-state index in [0.29, 0.717) is 5.88 Å². The van der Waals surface area contributed by atoms with Gasteiger partial charge in [0.25, 0.3) is 0 Å². The molecule has 0 fully saturated rings. The summed E-state index contributed by atoms with van der Waals surface area (Å²) in [5.74, 6) is 1.73. The van der Waals surface area contributed by atoms with Crippen LogP contribution in [0, 0.1) is 13.8 Å². The quantitative estimate of drug-likeness (QED) is 0.456. The molecule has 0 unspecified atom stereocenters. The molecular formula is C12H19NOS. The number of nitrogens with one attached hydrogen (secondary N) is 1. The fourth-order valence-electron chi connectivity index (χ4n) is 1.82. The van der Waals surface area contributed by atoms with Crippen molar-refractivity contribution in [3.05, 3.63) is 28.8 Å². The van der Waals surface area contributed by atoms with Gasteiger partial charge in [0, 0.05) is 12.4 Å². The molecule has 0 aliphatic carbocycles. The highest BCUT2D eigenvalue weighted by Crippen LogP contribution is 2.25. The summed E-state index contributed by atoms with van der Waals surface area (Å²) >= 11 is 4.11. The lowest BCUT2D eigenvalue weighted by Crippen LogP contribution is -2.15. The van der Waals surface area contributed by atoms with Crippen molar-refractivity contribution in [2.45, 2.75) is 20.3 Å². The molecule has 0 amide bonds. The second-order valence-electron chi connectivity index (χ2n) is 3.68. The molecule has 1 aromatic rings. The third kappa shape index (κ3) is 3.43. The maximum Gasteiger partial charge on any atom is 0.125 e. The van der Waals surface area contributed by atoms with Gasteiger partial charge in [0.15, 0.2) is 0 Å². The summed E-state index contributed by atoms with van der Waals surface area (Å²) in [6.45, 7) is 5.13. The minimum absolute atomic E-state index is 0.715. The van der Waals surface area contributed by atoms with E-state index in [0.717, 1.165) is 18.7 Å². The maximum atomic E-state index is 5.41. The Kier molecular flexibility index (Phi) is 4.99. The number of hydrogen-bond acceptors (Lipinski definition) is 3. The molecule has 0 saturated heterocycles. The van der Waals surface area contributed by atoms with Crippen LogP contribution in [0.2, 0.25) is 0 Å². The highest BCUT2D eigenvalue weighted by atomic mass is 32.1. The van der Waals surface area contributed by atoms with Gasteiger partial charge in [0.2, 0.25) is 0 Å². The van der Waals surface area contributed by atoms with E-state index in [4.69, 9.17) is 4.74 Å². The lowest BCUT2D eigenvalue weighted by Gasteiger charge is -2.12. The predicted octanol–water partition coefficient (Wildman–Crippen LogP) is 2.33. The van der Waals surface area contributed by atoms with Gasteiger partial charge < -0.3 is 10.1 Å². The Morgan fingerprint density at radius 2 is 2.07 bits per heavy atom. The molecular weight excluding hydrogens is 206 g/mol. The van der Waals surface area contributed by atoms with E-state index < -0.39 is 0 Å². The van der Waals surface area contributed by atoms with Crippen LogP contribution in [0.5, 0.6) is 5.75 Å². The molecule has 0 saturated carbocycles. The Labute approximate surface area is 97.4 Å². The van der Waals surface area contributed by atoms with Crippen LogP contribution in [0.4, 0.5) is 0 Å². The zero-order valence-electron chi connectivity index (χ0n) is 9.63. The Morgan fingerprint density at radius 1 is 1.33 bits per heavy atom. The molecule has 1 aromatic carbocycles. The van der Waals surface area contributed by atoms with Gasteiger partial charge >= 0.3 is 0 Å². The Morgan fingerprint density at radius 3 is 2.67 bits per heavy atom. The lowest BCUT2D eigenvalue weighted by molar-refractivity contribution is 0.406.